The molecule has 0 aromatic heterocycles. The van der Waals surface area contributed by atoms with Crippen LogP contribution >= 0.6 is 12.2 Å². The number of thiocarbonyl (C=S) groups is 1. The highest BCUT2D eigenvalue weighted by molar-refractivity contribution is 7.80. The molecule has 1 aliphatic rings. The van der Waals surface area contributed by atoms with Crippen LogP contribution in [0.4, 0.5) is 0 Å². The third-order valence-electron chi connectivity index (χ3n) is 3.80. The molecular weight excluding hydrogens is 282 g/mol. The normalized spacial score (nSPS) is 20.1. The zero-order chi connectivity index (χ0) is 15.1. The van der Waals surface area contributed by atoms with E-state index in [0.717, 1.165) is 17.7 Å². The van der Waals surface area contributed by atoms with E-state index in [1.54, 1.807) is 7.11 Å². The summed E-state index contributed by atoms with van der Waals surface area (Å²) in [5.41, 5.74) is 5.34. The molecule has 1 saturated carbocycles. The van der Waals surface area contributed by atoms with Crippen molar-refractivity contribution in [3.63, 3.8) is 0 Å². The molecule has 5 heteroatoms. The molecule has 0 spiro atoms. The molecule has 4 nitrogen and oxygen atoms in total. The van der Waals surface area contributed by atoms with Gasteiger partial charge in [-0.2, -0.15) is 5.10 Å². The number of nitrogens with one attached hydrogen (secondary N) is 2. The van der Waals surface area contributed by atoms with Gasteiger partial charge in [0.2, 0.25) is 0 Å². The van der Waals surface area contributed by atoms with Gasteiger partial charge in [-0.15, -0.1) is 0 Å². The molecule has 0 saturated heterocycles. The third kappa shape index (κ3) is 5.01. The van der Waals surface area contributed by atoms with Crippen LogP contribution < -0.4 is 15.5 Å². The molecule has 2 rings (SSSR count). The Bertz CT molecular complexity index is 499. The van der Waals surface area contributed by atoms with Gasteiger partial charge in [-0.25, -0.2) is 0 Å². The average Bonchev–Trinajstić information content (AvgIpc) is 2.52. The zero-order valence-electron chi connectivity index (χ0n) is 12.7. The Balaban J connectivity index is 1.77. The van der Waals surface area contributed by atoms with Gasteiger partial charge in [0.15, 0.2) is 5.11 Å². The largest absolute Gasteiger partial charge is 0.497 e. The number of nitrogens with zero attached hydrogens (tertiary/aromatic N) is 1. The Morgan fingerprint density at radius 2 is 2.10 bits per heavy atom. The second-order valence-corrected chi connectivity index (χ2v) is 5.80. The number of hydrogen-bond donors (Lipinski definition) is 2. The summed E-state index contributed by atoms with van der Waals surface area (Å²) in [5.74, 6) is 1.42. The molecule has 2 N–H and O–H groups in total. The Labute approximate surface area is 132 Å². The highest BCUT2D eigenvalue weighted by atomic mass is 32.1. The lowest BCUT2D eigenvalue weighted by atomic mass is 9.89. The molecular formula is C16H23N3OS. The van der Waals surface area contributed by atoms with E-state index in [1.807, 2.05) is 24.3 Å². The Kier molecular flexibility index (Phi) is 5.99. The molecule has 0 aliphatic heterocycles. The summed E-state index contributed by atoms with van der Waals surface area (Å²) in [7, 11) is 1.66. The SMILES string of the molecule is COc1ccc(CNC(=S)N/N=C2/CCCC[C@@H]2C)cc1. The van der Waals surface area contributed by atoms with Crippen LogP contribution in [0.2, 0.25) is 0 Å². The molecule has 1 aliphatic carbocycles. The lowest BCUT2D eigenvalue weighted by Crippen LogP contribution is -2.33. The van der Waals surface area contributed by atoms with Crippen LogP contribution in [0.25, 0.3) is 0 Å². The molecule has 1 fully saturated rings. The minimum absolute atomic E-state index is 0.565. The van der Waals surface area contributed by atoms with Gasteiger partial charge in [-0.1, -0.05) is 25.5 Å². The van der Waals surface area contributed by atoms with Crippen molar-refractivity contribution in [2.75, 3.05) is 7.11 Å². The predicted molar refractivity (Wildman–Crippen MR) is 90.6 cm³/mol. The summed E-state index contributed by atoms with van der Waals surface area (Å²) >= 11 is 5.25. The molecule has 0 radical (unpaired) electrons. The highest BCUT2D eigenvalue weighted by Crippen LogP contribution is 2.20. The van der Waals surface area contributed by atoms with E-state index in [9.17, 15) is 0 Å². The van der Waals surface area contributed by atoms with Crippen molar-refractivity contribution >= 4 is 23.0 Å². The van der Waals surface area contributed by atoms with E-state index in [2.05, 4.69) is 22.8 Å². The summed E-state index contributed by atoms with van der Waals surface area (Å²) < 4.78 is 5.13. The number of ether oxygens (including phenoxy) is 1. The minimum atomic E-state index is 0.565. The van der Waals surface area contributed by atoms with Crippen LogP contribution in [0.1, 0.15) is 38.2 Å². The number of hydrogen-bond acceptors (Lipinski definition) is 3. The van der Waals surface area contributed by atoms with Gasteiger partial charge in [-0.05, 0) is 55.1 Å². The monoisotopic (exact) mass is 305 g/mol. The van der Waals surface area contributed by atoms with E-state index in [0.29, 0.717) is 17.6 Å². The van der Waals surface area contributed by atoms with Gasteiger partial charge >= 0.3 is 0 Å². The number of hydrazone groups is 1. The van der Waals surface area contributed by atoms with Crippen LogP contribution in [-0.4, -0.2) is 17.9 Å². The lowest BCUT2D eigenvalue weighted by molar-refractivity contribution is 0.414. The second kappa shape index (κ2) is 7.98. The van der Waals surface area contributed by atoms with E-state index < -0.39 is 0 Å². The predicted octanol–water partition coefficient (Wildman–Crippen LogP) is 3.23. The fourth-order valence-electron chi connectivity index (χ4n) is 2.42. The Hall–Kier alpha value is -1.62. The first kappa shape index (κ1) is 15.8. The third-order valence-corrected chi connectivity index (χ3v) is 4.04. The van der Waals surface area contributed by atoms with Crippen LogP contribution in [0.15, 0.2) is 29.4 Å². The van der Waals surface area contributed by atoms with E-state index in [-0.39, 0.29) is 0 Å². The van der Waals surface area contributed by atoms with Crippen molar-refractivity contribution in [2.45, 2.75) is 39.2 Å². The fraction of sp³-hybridized carbons (Fsp3) is 0.500. The van der Waals surface area contributed by atoms with Gasteiger partial charge in [0.1, 0.15) is 5.75 Å². The van der Waals surface area contributed by atoms with Crippen molar-refractivity contribution in [1.29, 1.82) is 0 Å². The summed E-state index contributed by atoms with van der Waals surface area (Å²) in [6.07, 6.45) is 4.85. The van der Waals surface area contributed by atoms with Crippen molar-refractivity contribution in [3.8, 4) is 5.75 Å². The molecule has 1 aromatic carbocycles. The van der Waals surface area contributed by atoms with Gasteiger partial charge in [0.25, 0.3) is 0 Å². The van der Waals surface area contributed by atoms with Crippen molar-refractivity contribution in [1.82, 2.24) is 10.7 Å². The highest BCUT2D eigenvalue weighted by Gasteiger charge is 2.15. The molecule has 1 atom stereocenters. The first-order chi connectivity index (χ1) is 10.2. The molecule has 1 aromatic rings. The van der Waals surface area contributed by atoms with Crippen LogP contribution in [0.3, 0.4) is 0 Å². The number of methoxy groups -OCH3 is 1. The second-order valence-electron chi connectivity index (χ2n) is 5.39. The van der Waals surface area contributed by atoms with Crippen LogP contribution in [0.5, 0.6) is 5.75 Å². The first-order valence-corrected chi connectivity index (χ1v) is 7.83. The quantitative estimate of drug-likeness (QED) is 0.662. The Morgan fingerprint density at radius 1 is 1.33 bits per heavy atom. The van der Waals surface area contributed by atoms with Crippen molar-refractivity contribution in [3.05, 3.63) is 29.8 Å². The molecule has 0 amide bonds. The number of rotatable bonds is 4. The van der Waals surface area contributed by atoms with Gasteiger partial charge in [0, 0.05) is 12.3 Å². The summed E-state index contributed by atoms with van der Waals surface area (Å²) in [6, 6.07) is 7.92. The maximum Gasteiger partial charge on any atom is 0.187 e. The molecule has 0 unspecified atom stereocenters. The topological polar surface area (TPSA) is 45.6 Å². The minimum Gasteiger partial charge on any atom is -0.497 e. The van der Waals surface area contributed by atoms with Crippen molar-refractivity contribution < 1.29 is 4.74 Å². The smallest absolute Gasteiger partial charge is 0.187 e. The molecule has 0 bridgehead atoms. The van der Waals surface area contributed by atoms with Crippen LogP contribution in [0, 0.1) is 5.92 Å². The van der Waals surface area contributed by atoms with E-state index >= 15 is 0 Å². The summed E-state index contributed by atoms with van der Waals surface area (Å²) in [5, 5.41) is 8.18. The standard InChI is InChI=1S/C16H23N3OS/c1-12-5-3-4-6-15(12)18-19-16(21)17-11-13-7-9-14(20-2)10-8-13/h7-10,12H,3-6,11H2,1-2H3,(H2,17,19,21)/b18-15-/t12-/m0/s1. The first-order valence-electron chi connectivity index (χ1n) is 7.42. The van der Waals surface area contributed by atoms with Gasteiger partial charge < -0.3 is 10.1 Å². The molecule has 0 heterocycles. The summed E-state index contributed by atoms with van der Waals surface area (Å²) in [6.45, 7) is 2.91. The van der Waals surface area contributed by atoms with Crippen LogP contribution in [-0.2, 0) is 6.54 Å². The number of benzene rings is 1. The zero-order valence-corrected chi connectivity index (χ0v) is 13.5. The fourth-order valence-corrected chi connectivity index (χ4v) is 2.54. The molecule has 21 heavy (non-hydrogen) atoms. The maximum absolute atomic E-state index is 5.25. The Morgan fingerprint density at radius 3 is 2.76 bits per heavy atom. The molecule has 114 valence electrons. The van der Waals surface area contributed by atoms with Crippen molar-refractivity contribution in [2.24, 2.45) is 11.0 Å². The lowest BCUT2D eigenvalue weighted by Gasteiger charge is -2.20. The average molecular weight is 305 g/mol. The summed E-state index contributed by atoms with van der Waals surface area (Å²) in [4.78, 5) is 0. The van der Waals surface area contributed by atoms with E-state index in [1.165, 1.54) is 25.0 Å². The maximum atomic E-state index is 5.25. The van der Waals surface area contributed by atoms with Gasteiger partial charge in [-0.3, -0.25) is 5.43 Å². The van der Waals surface area contributed by atoms with Gasteiger partial charge in [0.05, 0.1) is 7.11 Å². The van der Waals surface area contributed by atoms with E-state index in [4.69, 9.17) is 17.0 Å².